The lowest BCUT2D eigenvalue weighted by Crippen LogP contribution is -2.47. The molecule has 84 valence electrons. The van der Waals surface area contributed by atoms with Crippen LogP contribution in [0.4, 0.5) is 0 Å². The fourth-order valence-electron chi connectivity index (χ4n) is 2.08. The van der Waals surface area contributed by atoms with Crippen LogP contribution in [0.15, 0.2) is 0 Å². The zero-order valence-corrected chi connectivity index (χ0v) is 9.49. The average Bonchev–Trinajstić information content (AvgIpc) is 2.26. The van der Waals surface area contributed by atoms with Gasteiger partial charge in [-0.1, -0.05) is 19.3 Å². The first-order valence-corrected chi connectivity index (χ1v) is 5.55. The van der Waals surface area contributed by atoms with Crippen LogP contribution >= 0.6 is 0 Å². The van der Waals surface area contributed by atoms with Crippen molar-refractivity contribution in [2.75, 3.05) is 13.1 Å². The number of carbonyl (C=O) groups is 1. The lowest BCUT2D eigenvalue weighted by Gasteiger charge is -2.35. The Balaban J connectivity index is 2.61. The Morgan fingerprint density at radius 3 is 2.87 bits per heavy atom. The van der Waals surface area contributed by atoms with Crippen molar-refractivity contribution in [3.8, 4) is 11.8 Å². The number of hydrogen-bond acceptors (Lipinski definition) is 2. The van der Waals surface area contributed by atoms with Gasteiger partial charge in [-0.25, -0.2) is 0 Å². The molecule has 3 nitrogen and oxygen atoms in total. The van der Waals surface area contributed by atoms with Gasteiger partial charge in [0.25, 0.3) is 0 Å². The molecule has 1 fully saturated rings. The summed E-state index contributed by atoms with van der Waals surface area (Å²) in [7, 11) is 0. The molecule has 1 aliphatic rings. The maximum absolute atomic E-state index is 11.1. The maximum atomic E-state index is 11.1. The van der Waals surface area contributed by atoms with E-state index in [-0.39, 0.29) is 6.04 Å². The van der Waals surface area contributed by atoms with Crippen molar-refractivity contribution in [2.24, 2.45) is 5.92 Å². The number of carboxylic acid groups (broad SMARTS) is 1. The van der Waals surface area contributed by atoms with Crippen molar-refractivity contribution >= 4 is 5.97 Å². The molecule has 0 spiro atoms. The first kappa shape index (κ1) is 12.1. The van der Waals surface area contributed by atoms with E-state index in [2.05, 4.69) is 18.8 Å². The van der Waals surface area contributed by atoms with Crippen LogP contribution in [0.3, 0.4) is 0 Å². The third-order valence-corrected chi connectivity index (χ3v) is 3.14. The van der Waals surface area contributed by atoms with Crippen LogP contribution < -0.4 is 0 Å². The van der Waals surface area contributed by atoms with Gasteiger partial charge >= 0.3 is 5.97 Å². The summed E-state index contributed by atoms with van der Waals surface area (Å²) in [6.45, 7) is 5.37. The van der Waals surface area contributed by atoms with Crippen molar-refractivity contribution in [1.29, 1.82) is 0 Å². The molecule has 2 unspecified atom stereocenters. The number of likely N-dealkylation sites (tertiary alicyclic amines) is 1. The minimum absolute atomic E-state index is 0.329. The van der Waals surface area contributed by atoms with Crippen LogP contribution in [0, 0.1) is 17.8 Å². The minimum Gasteiger partial charge on any atom is -0.480 e. The number of carboxylic acids is 1. The second-order valence-electron chi connectivity index (χ2n) is 4.05. The number of hydrogen-bond donors (Lipinski definition) is 1. The van der Waals surface area contributed by atoms with Gasteiger partial charge in [0.15, 0.2) is 0 Å². The van der Waals surface area contributed by atoms with Gasteiger partial charge in [0.2, 0.25) is 0 Å². The molecule has 0 radical (unpaired) electrons. The molecule has 0 aromatic rings. The third-order valence-electron chi connectivity index (χ3n) is 3.14. The van der Waals surface area contributed by atoms with Crippen molar-refractivity contribution in [1.82, 2.24) is 4.90 Å². The first-order chi connectivity index (χ1) is 7.19. The van der Waals surface area contributed by atoms with E-state index in [0.29, 0.717) is 12.5 Å². The van der Waals surface area contributed by atoms with Crippen LogP contribution in [0.1, 0.15) is 33.1 Å². The molecular weight excluding hydrogens is 190 g/mol. The molecule has 0 saturated carbocycles. The molecule has 0 aliphatic carbocycles. The summed E-state index contributed by atoms with van der Waals surface area (Å²) in [4.78, 5) is 13.1. The molecule has 0 aromatic heterocycles. The van der Waals surface area contributed by atoms with Crippen molar-refractivity contribution in [3.05, 3.63) is 0 Å². The standard InChI is InChI=1S/C12H19NO2/c1-3-5-7-13-8-6-10(4-2)9-11(13)12(14)15/h10-11H,4,6-9H2,1-2H3,(H,14,15). The molecule has 15 heavy (non-hydrogen) atoms. The fourth-order valence-corrected chi connectivity index (χ4v) is 2.08. The zero-order chi connectivity index (χ0) is 11.3. The number of rotatable bonds is 3. The molecular formula is C12H19NO2. The molecule has 1 saturated heterocycles. The maximum Gasteiger partial charge on any atom is 0.320 e. The van der Waals surface area contributed by atoms with E-state index in [1.54, 1.807) is 6.92 Å². The fraction of sp³-hybridized carbons (Fsp3) is 0.750. The van der Waals surface area contributed by atoms with E-state index in [9.17, 15) is 4.79 Å². The Bertz CT molecular complexity index is 277. The molecule has 0 aromatic carbocycles. The van der Waals surface area contributed by atoms with Crippen LogP contribution in [0.25, 0.3) is 0 Å². The van der Waals surface area contributed by atoms with Gasteiger partial charge in [0.1, 0.15) is 6.04 Å². The van der Waals surface area contributed by atoms with Crippen LogP contribution in [-0.2, 0) is 4.79 Å². The van der Waals surface area contributed by atoms with Crippen molar-refractivity contribution < 1.29 is 9.90 Å². The van der Waals surface area contributed by atoms with E-state index >= 15 is 0 Å². The van der Waals surface area contributed by atoms with E-state index in [1.165, 1.54) is 0 Å². The minimum atomic E-state index is -0.703. The number of piperidine rings is 1. The van der Waals surface area contributed by atoms with Gasteiger partial charge in [-0.15, -0.1) is 5.92 Å². The van der Waals surface area contributed by atoms with E-state index < -0.39 is 5.97 Å². The van der Waals surface area contributed by atoms with Gasteiger partial charge in [0.05, 0.1) is 6.54 Å². The third kappa shape index (κ3) is 3.24. The lowest BCUT2D eigenvalue weighted by molar-refractivity contribution is -0.145. The Morgan fingerprint density at radius 2 is 2.33 bits per heavy atom. The molecule has 2 atom stereocenters. The molecule has 1 aliphatic heterocycles. The molecule has 0 amide bonds. The van der Waals surface area contributed by atoms with Gasteiger partial charge in [-0.05, 0) is 25.7 Å². The molecule has 1 N–H and O–H groups in total. The predicted octanol–water partition coefficient (Wildman–Crippen LogP) is 1.58. The highest BCUT2D eigenvalue weighted by molar-refractivity contribution is 5.73. The van der Waals surface area contributed by atoms with Crippen molar-refractivity contribution in [2.45, 2.75) is 39.2 Å². The Hall–Kier alpha value is -1.01. The lowest BCUT2D eigenvalue weighted by atomic mass is 9.89. The topological polar surface area (TPSA) is 40.5 Å². The van der Waals surface area contributed by atoms with Gasteiger partial charge < -0.3 is 5.11 Å². The van der Waals surface area contributed by atoms with E-state index in [1.807, 2.05) is 4.90 Å². The summed E-state index contributed by atoms with van der Waals surface area (Å²) >= 11 is 0. The van der Waals surface area contributed by atoms with E-state index in [4.69, 9.17) is 5.11 Å². The normalized spacial score (nSPS) is 26.8. The Kier molecular flexibility index (Phi) is 4.64. The Morgan fingerprint density at radius 1 is 1.60 bits per heavy atom. The van der Waals surface area contributed by atoms with Crippen LogP contribution in [0.2, 0.25) is 0 Å². The van der Waals surface area contributed by atoms with Crippen molar-refractivity contribution in [3.63, 3.8) is 0 Å². The molecule has 0 bridgehead atoms. The summed E-state index contributed by atoms with van der Waals surface area (Å²) in [6, 6.07) is -0.329. The highest BCUT2D eigenvalue weighted by Crippen LogP contribution is 2.25. The highest BCUT2D eigenvalue weighted by atomic mass is 16.4. The second-order valence-corrected chi connectivity index (χ2v) is 4.05. The SMILES string of the molecule is CC#CCN1CCC(CC)CC1C(=O)O. The summed E-state index contributed by atoms with van der Waals surface area (Å²) in [5, 5.41) is 9.13. The van der Waals surface area contributed by atoms with Crippen LogP contribution in [-0.4, -0.2) is 35.1 Å². The highest BCUT2D eigenvalue weighted by Gasteiger charge is 2.31. The first-order valence-electron chi connectivity index (χ1n) is 5.55. The van der Waals surface area contributed by atoms with Gasteiger partial charge in [0, 0.05) is 6.54 Å². The summed E-state index contributed by atoms with van der Waals surface area (Å²) < 4.78 is 0. The summed E-state index contributed by atoms with van der Waals surface area (Å²) in [6.07, 6.45) is 2.96. The van der Waals surface area contributed by atoms with Crippen LogP contribution in [0.5, 0.6) is 0 Å². The monoisotopic (exact) mass is 209 g/mol. The second kappa shape index (κ2) is 5.77. The molecule has 1 rings (SSSR count). The summed E-state index contributed by atoms with van der Waals surface area (Å²) in [5.41, 5.74) is 0. The smallest absolute Gasteiger partial charge is 0.320 e. The number of aliphatic carboxylic acids is 1. The summed E-state index contributed by atoms with van der Waals surface area (Å²) in [5.74, 6) is 5.63. The predicted molar refractivity (Wildman–Crippen MR) is 59.5 cm³/mol. The largest absolute Gasteiger partial charge is 0.480 e. The zero-order valence-electron chi connectivity index (χ0n) is 9.49. The van der Waals surface area contributed by atoms with Gasteiger partial charge in [-0.3, -0.25) is 9.69 Å². The Labute approximate surface area is 91.5 Å². The molecule has 3 heteroatoms. The van der Waals surface area contributed by atoms with Gasteiger partial charge in [-0.2, -0.15) is 0 Å². The van der Waals surface area contributed by atoms with E-state index in [0.717, 1.165) is 25.8 Å². The average molecular weight is 209 g/mol. The number of nitrogens with zero attached hydrogens (tertiary/aromatic N) is 1. The molecule has 1 heterocycles. The quantitative estimate of drug-likeness (QED) is 0.717.